The van der Waals surface area contributed by atoms with E-state index in [0.29, 0.717) is 6.04 Å². The molecular weight excluding hydrogens is 212 g/mol. The number of amides is 1. The van der Waals surface area contributed by atoms with Crippen LogP contribution in [-0.2, 0) is 4.79 Å². The zero-order chi connectivity index (χ0) is 10.8. The Labute approximate surface area is 92.6 Å². The number of carbonyl (C=O) groups is 1. The monoisotopic (exact) mass is 226 g/mol. The van der Waals surface area contributed by atoms with Gasteiger partial charge in [-0.3, -0.25) is 4.79 Å². The van der Waals surface area contributed by atoms with Crippen molar-refractivity contribution in [1.82, 2.24) is 20.3 Å². The predicted molar refractivity (Wildman–Crippen MR) is 57.5 cm³/mol. The summed E-state index contributed by atoms with van der Waals surface area (Å²) in [6, 6.07) is 0.292. The van der Waals surface area contributed by atoms with E-state index in [-0.39, 0.29) is 11.2 Å². The SMILES string of the molecule is CC(C)N1CCC(Sc2cn[nH]n2)C1=O. The second-order valence-electron chi connectivity index (χ2n) is 3.83. The molecule has 82 valence electrons. The van der Waals surface area contributed by atoms with Gasteiger partial charge in [0.25, 0.3) is 0 Å². The van der Waals surface area contributed by atoms with Crippen LogP contribution in [0.4, 0.5) is 0 Å². The van der Waals surface area contributed by atoms with Crippen LogP contribution < -0.4 is 0 Å². The Morgan fingerprint density at radius 1 is 1.67 bits per heavy atom. The van der Waals surface area contributed by atoms with Gasteiger partial charge in [-0.05, 0) is 20.3 Å². The Balaban J connectivity index is 1.99. The second-order valence-corrected chi connectivity index (χ2v) is 5.05. The Morgan fingerprint density at radius 2 is 2.47 bits per heavy atom. The van der Waals surface area contributed by atoms with E-state index in [2.05, 4.69) is 15.4 Å². The number of H-pyrrole nitrogens is 1. The van der Waals surface area contributed by atoms with Crippen molar-refractivity contribution in [3.05, 3.63) is 6.20 Å². The third-order valence-corrected chi connectivity index (χ3v) is 3.63. The van der Waals surface area contributed by atoms with Crippen LogP contribution in [0.25, 0.3) is 0 Å². The van der Waals surface area contributed by atoms with E-state index in [9.17, 15) is 4.79 Å². The average Bonchev–Trinajstić information content (AvgIpc) is 2.78. The van der Waals surface area contributed by atoms with Crippen molar-refractivity contribution in [2.24, 2.45) is 0 Å². The summed E-state index contributed by atoms with van der Waals surface area (Å²) >= 11 is 1.49. The molecule has 0 aromatic carbocycles. The number of hydrogen-bond donors (Lipinski definition) is 1. The molecule has 5 nitrogen and oxygen atoms in total. The van der Waals surface area contributed by atoms with Crippen LogP contribution in [-0.4, -0.2) is 44.1 Å². The highest BCUT2D eigenvalue weighted by Gasteiger charge is 2.33. The lowest BCUT2D eigenvalue weighted by atomic mass is 10.3. The molecule has 1 amide bonds. The molecule has 0 saturated carbocycles. The summed E-state index contributed by atoms with van der Waals surface area (Å²) in [7, 11) is 0. The normalized spacial score (nSPS) is 21.7. The summed E-state index contributed by atoms with van der Waals surface area (Å²) < 4.78 is 0. The molecular formula is C9H14N4OS. The lowest BCUT2D eigenvalue weighted by Gasteiger charge is -2.20. The fourth-order valence-corrected chi connectivity index (χ4v) is 2.65. The van der Waals surface area contributed by atoms with E-state index < -0.39 is 0 Å². The van der Waals surface area contributed by atoms with Crippen LogP contribution in [0.3, 0.4) is 0 Å². The van der Waals surface area contributed by atoms with E-state index in [4.69, 9.17) is 0 Å². The molecule has 1 fully saturated rings. The van der Waals surface area contributed by atoms with Gasteiger partial charge in [0.2, 0.25) is 5.91 Å². The van der Waals surface area contributed by atoms with Gasteiger partial charge in [-0.2, -0.15) is 10.3 Å². The number of likely N-dealkylation sites (tertiary alicyclic amines) is 1. The first-order valence-corrected chi connectivity index (χ1v) is 5.89. The van der Waals surface area contributed by atoms with Gasteiger partial charge in [-0.1, -0.05) is 11.8 Å². The van der Waals surface area contributed by atoms with E-state index in [1.165, 1.54) is 11.8 Å². The van der Waals surface area contributed by atoms with Gasteiger partial charge < -0.3 is 4.90 Å². The first kappa shape index (κ1) is 10.5. The standard InChI is InChI=1S/C9H14N4OS/c1-6(2)13-4-3-7(9(13)14)15-8-5-10-12-11-8/h5-7H,3-4H2,1-2H3,(H,10,11,12). The van der Waals surface area contributed by atoms with Crippen LogP contribution in [0.5, 0.6) is 0 Å². The predicted octanol–water partition coefficient (Wildman–Crippen LogP) is 0.906. The van der Waals surface area contributed by atoms with Gasteiger partial charge in [0, 0.05) is 12.6 Å². The molecule has 6 heteroatoms. The van der Waals surface area contributed by atoms with Crippen LogP contribution in [0, 0.1) is 0 Å². The van der Waals surface area contributed by atoms with Gasteiger partial charge >= 0.3 is 0 Å². The molecule has 0 spiro atoms. The first-order chi connectivity index (χ1) is 7.18. The minimum Gasteiger partial charge on any atom is -0.339 e. The first-order valence-electron chi connectivity index (χ1n) is 5.01. The number of thioether (sulfide) groups is 1. The van der Waals surface area contributed by atoms with E-state index >= 15 is 0 Å². The molecule has 1 atom stereocenters. The Bertz CT molecular complexity index is 338. The van der Waals surface area contributed by atoms with Crippen molar-refractivity contribution >= 4 is 17.7 Å². The molecule has 1 aromatic rings. The largest absolute Gasteiger partial charge is 0.339 e. The van der Waals surface area contributed by atoms with Crippen molar-refractivity contribution in [2.75, 3.05) is 6.54 Å². The number of aromatic amines is 1. The summed E-state index contributed by atoms with van der Waals surface area (Å²) in [5.41, 5.74) is 0. The summed E-state index contributed by atoms with van der Waals surface area (Å²) in [5.74, 6) is 0.220. The Hall–Kier alpha value is -1.04. The van der Waals surface area contributed by atoms with Crippen molar-refractivity contribution in [3.8, 4) is 0 Å². The van der Waals surface area contributed by atoms with Gasteiger partial charge in [0.1, 0.15) is 5.03 Å². The minimum atomic E-state index is 0.0116. The highest BCUT2D eigenvalue weighted by atomic mass is 32.2. The van der Waals surface area contributed by atoms with Gasteiger partial charge in [-0.25, -0.2) is 0 Å². The highest BCUT2D eigenvalue weighted by molar-refractivity contribution is 8.00. The number of nitrogens with one attached hydrogen (secondary N) is 1. The summed E-state index contributed by atoms with van der Waals surface area (Å²) in [4.78, 5) is 13.8. The zero-order valence-electron chi connectivity index (χ0n) is 8.80. The molecule has 2 heterocycles. The average molecular weight is 226 g/mol. The minimum absolute atomic E-state index is 0.0116. The Kier molecular flexibility index (Phi) is 2.95. The fourth-order valence-electron chi connectivity index (χ4n) is 1.69. The van der Waals surface area contributed by atoms with Crippen molar-refractivity contribution in [3.63, 3.8) is 0 Å². The molecule has 0 radical (unpaired) electrons. The maximum atomic E-state index is 11.9. The quantitative estimate of drug-likeness (QED) is 0.832. The van der Waals surface area contributed by atoms with Gasteiger partial charge in [0.15, 0.2) is 0 Å². The number of nitrogens with zero attached hydrogens (tertiary/aromatic N) is 3. The van der Waals surface area contributed by atoms with E-state index in [1.54, 1.807) is 6.20 Å². The third kappa shape index (κ3) is 2.14. The van der Waals surface area contributed by atoms with Crippen molar-refractivity contribution < 1.29 is 4.79 Å². The summed E-state index contributed by atoms with van der Waals surface area (Å²) in [6.45, 7) is 4.94. The number of aromatic nitrogens is 3. The molecule has 1 N–H and O–H groups in total. The van der Waals surface area contributed by atoms with Crippen LogP contribution in [0.2, 0.25) is 0 Å². The molecule has 0 aliphatic carbocycles. The van der Waals surface area contributed by atoms with Crippen LogP contribution in [0.15, 0.2) is 11.2 Å². The lowest BCUT2D eigenvalue weighted by molar-refractivity contribution is -0.128. The number of rotatable bonds is 3. The van der Waals surface area contributed by atoms with Gasteiger partial charge in [0.05, 0.1) is 11.4 Å². The molecule has 15 heavy (non-hydrogen) atoms. The van der Waals surface area contributed by atoms with E-state index in [0.717, 1.165) is 18.0 Å². The smallest absolute Gasteiger partial charge is 0.236 e. The molecule has 1 saturated heterocycles. The van der Waals surface area contributed by atoms with Crippen molar-refractivity contribution in [2.45, 2.75) is 36.6 Å². The maximum Gasteiger partial charge on any atom is 0.236 e. The number of hydrogen-bond acceptors (Lipinski definition) is 4. The molecule has 1 unspecified atom stereocenters. The van der Waals surface area contributed by atoms with Crippen molar-refractivity contribution in [1.29, 1.82) is 0 Å². The topological polar surface area (TPSA) is 61.9 Å². The van der Waals surface area contributed by atoms with Crippen LogP contribution >= 0.6 is 11.8 Å². The molecule has 0 bridgehead atoms. The Morgan fingerprint density at radius 3 is 3.00 bits per heavy atom. The van der Waals surface area contributed by atoms with Crippen LogP contribution in [0.1, 0.15) is 20.3 Å². The van der Waals surface area contributed by atoms with Gasteiger partial charge in [-0.15, -0.1) is 5.10 Å². The molecule has 2 rings (SSSR count). The molecule has 1 aliphatic heterocycles. The third-order valence-electron chi connectivity index (χ3n) is 2.47. The molecule has 1 aliphatic rings. The fraction of sp³-hybridized carbons (Fsp3) is 0.667. The molecule has 1 aromatic heterocycles. The van der Waals surface area contributed by atoms with E-state index in [1.807, 2.05) is 18.7 Å². The summed E-state index contributed by atoms with van der Waals surface area (Å²) in [6.07, 6.45) is 2.55. The summed E-state index contributed by atoms with van der Waals surface area (Å²) in [5, 5.41) is 11.0. The zero-order valence-corrected chi connectivity index (χ0v) is 9.62. The second kappa shape index (κ2) is 4.22. The maximum absolute atomic E-state index is 11.9. The number of carbonyl (C=O) groups excluding carboxylic acids is 1. The lowest BCUT2D eigenvalue weighted by Crippen LogP contribution is -2.34. The highest BCUT2D eigenvalue weighted by Crippen LogP contribution is 2.29.